The lowest BCUT2D eigenvalue weighted by Crippen LogP contribution is -2.28. The molecule has 0 saturated carbocycles. The van der Waals surface area contributed by atoms with E-state index in [-0.39, 0.29) is 16.8 Å². The molecular weight excluding hydrogens is 126 g/mol. The molecule has 8 heavy (non-hydrogen) atoms. The van der Waals surface area contributed by atoms with Gasteiger partial charge in [0.2, 0.25) is 10.2 Å². The van der Waals surface area contributed by atoms with Crippen molar-refractivity contribution in [2.45, 2.75) is 0 Å². The van der Waals surface area contributed by atoms with Gasteiger partial charge in [0.25, 0.3) is 0 Å². The molecule has 0 atom stereocenters. The highest BCUT2D eigenvalue weighted by atomic mass is 32.2. The molecule has 1 saturated heterocycles. The number of hydrogen-bond acceptors (Lipinski definition) is 4. The second kappa shape index (κ2) is 2.28. The zero-order chi connectivity index (χ0) is 5.98. The first-order valence-corrected chi connectivity index (χ1v) is 2.92. The van der Waals surface area contributed by atoms with E-state index in [2.05, 4.69) is 5.32 Å². The average molecular weight is 130 g/mol. The summed E-state index contributed by atoms with van der Waals surface area (Å²) in [6, 6.07) is 0. The van der Waals surface area contributed by atoms with E-state index in [4.69, 9.17) is 0 Å². The smallest absolute Gasteiger partial charge is 0.215 e. The molecule has 1 aliphatic heterocycles. The second-order valence-electron chi connectivity index (χ2n) is 1.32. The number of thioether (sulfide) groups is 1. The van der Waals surface area contributed by atoms with Crippen LogP contribution in [0, 0.1) is 6.54 Å². The molecule has 0 bridgehead atoms. The van der Waals surface area contributed by atoms with Crippen molar-refractivity contribution < 1.29 is 9.59 Å². The summed E-state index contributed by atoms with van der Waals surface area (Å²) in [4.78, 5) is 20.6. The molecule has 4 heteroatoms. The third-order valence-corrected chi connectivity index (χ3v) is 1.37. The summed E-state index contributed by atoms with van der Waals surface area (Å²) >= 11 is 0.745. The van der Waals surface area contributed by atoms with Crippen LogP contribution in [-0.2, 0) is 9.59 Å². The average Bonchev–Trinajstić information content (AvgIpc) is 1.64. The molecule has 0 unspecified atom stereocenters. The molecule has 1 heterocycles. The Hall–Kier alpha value is -0.350. The standard InChI is InChI=1S/C4H4NO2S/c6-3-1-5-2-4(7)8-3/h1,5H,2H2. The Morgan fingerprint density at radius 2 is 2.38 bits per heavy atom. The number of hydrogen-bond donors (Lipinski definition) is 1. The lowest BCUT2D eigenvalue weighted by Gasteiger charge is -2.05. The van der Waals surface area contributed by atoms with E-state index in [0.29, 0.717) is 0 Å². The Labute approximate surface area is 50.8 Å². The Balaban J connectivity index is 2.45. The highest BCUT2D eigenvalue weighted by molar-refractivity contribution is 8.26. The Kier molecular flexibility index (Phi) is 1.65. The van der Waals surface area contributed by atoms with Crippen molar-refractivity contribution in [2.24, 2.45) is 0 Å². The van der Waals surface area contributed by atoms with E-state index in [1.54, 1.807) is 0 Å². The van der Waals surface area contributed by atoms with Crippen LogP contribution in [0.3, 0.4) is 0 Å². The number of rotatable bonds is 0. The quantitative estimate of drug-likeness (QED) is 0.482. The zero-order valence-electron chi connectivity index (χ0n) is 4.01. The minimum absolute atomic E-state index is 0.113. The molecule has 43 valence electrons. The monoisotopic (exact) mass is 130 g/mol. The molecule has 0 aromatic carbocycles. The highest BCUT2D eigenvalue weighted by Gasteiger charge is 2.15. The van der Waals surface area contributed by atoms with E-state index in [9.17, 15) is 9.59 Å². The summed E-state index contributed by atoms with van der Waals surface area (Å²) in [5, 5.41) is 2.22. The van der Waals surface area contributed by atoms with Gasteiger partial charge in [0, 0.05) is 0 Å². The lowest BCUT2D eigenvalue weighted by molar-refractivity contribution is -0.113. The SMILES string of the molecule is O=C1[CH]NCC(=O)S1. The van der Waals surface area contributed by atoms with E-state index >= 15 is 0 Å². The zero-order valence-corrected chi connectivity index (χ0v) is 4.83. The number of carbonyl (C=O) groups is 2. The van der Waals surface area contributed by atoms with Crippen LogP contribution in [0.4, 0.5) is 0 Å². The van der Waals surface area contributed by atoms with Gasteiger partial charge in [-0.25, -0.2) is 0 Å². The second-order valence-corrected chi connectivity index (χ2v) is 2.38. The number of carbonyl (C=O) groups excluding carboxylic acids is 2. The van der Waals surface area contributed by atoms with Crippen LogP contribution in [0.1, 0.15) is 0 Å². The third kappa shape index (κ3) is 1.31. The summed E-state index contributed by atoms with van der Waals surface area (Å²) in [6.45, 7) is 1.57. The van der Waals surface area contributed by atoms with Gasteiger partial charge in [0.1, 0.15) is 6.54 Å². The molecule has 1 rings (SSSR count). The molecule has 1 fully saturated rings. The van der Waals surface area contributed by atoms with Gasteiger partial charge in [0.05, 0.1) is 6.54 Å². The molecule has 0 amide bonds. The predicted octanol–water partition coefficient (Wildman–Crippen LogP) is -0.462. The molecule has 0 aliphatic carbocycles. The van der Waals surface area contributed by atoms with Gasteiger partial charge in [-0.05, 0) is 11.8 Å². The van der Waals surface area contributed by atoms with Crippen molar-refractivity contribution in [1.82, 2.24) is 5.32 Å². The molecule has 0 aromatic heterocycles. The topological polar surface area (TPSA) is 46.2 Å². The highest BCUT2D eigenvalue weighted by Crippen LogP contribution is 2.07. The summed E-state index contributed by atoms with van der Waals surface area (Å²) in [6.07, 6.45) is 0. The summed E-state index contributed by atoms with van der Waals surface area (Å²) in [5.41, 5.74) is 0. The largest absolute Gasteiger partial charge is 0.297 e. The molecule has 3 nitrogen and oxygen atoms in total. The molecule has 0 aromatic rings. The summed E-state index contributed by atoms with van der Waals surface area (Å²) in [5.74, 6) is 0. The van der Waals surface area contributed by atoms with Gasteiger partial charge in [0.15, 0.2) is 0 Å². The van der Waals surface area contributed by atoms with Crippen LogP contribution < -0.4 is 5.32 Å². The van der Waals surface area contributed by atoms with Crippen LogP contribution in [0.15, 0.2) is 0 Å². The first-order chi connectivity index (χ1) is 3.79. The van der Waals surface area contributed by atoms with Gasteiger partial charge >= 0.3 is 0 Å². The molecule has 1 N–H and O–H groups in total. The van der Waals surface area contributed by atoms with Crippen molar-refractivity contribution in [1.29, 1.82) is 0 Å². The fourth-order valence-corrected chi connectivity index (χ4v) is 0.918. The maximum absolute atomic E-state index is 10.3. The van der Waals surface area contributed by atoms with Gasteiger partial charge in [-0.2, -0.15) is 0 Å². The minimum atomic E-state index is -0.207. The van der Waals surface area contributed by atoms with Gasteiger partial charge in [-0.3, -0.25) is 14.9 Å². The Morgan fingerprint density at radius 3 is 2.75 bits per heavy atom. The summed E-state index contributed by atoms with van der Waals surface area (Å²) < 4.78 is 0. The molecule has 1 aliphatic rings. The normalized spacial score (nSPS) is 21.5. The van der Waals surface area contributed by atoms with Crippen molar-refractivity contribution in [3.63, 3.8) is 0 Å². The first-order valence-electron chi connectivity index (χ1n) is 2.10. The van der Waals surface area contributed by atoms with Gasteiger partial charge < -0.3 is 0 Å². The fraction of sp³-hybridized carbons (Fsp3) is 0.250. The predicted molar refractivity (Wildman–Crippen MR) is 29.9 cm³/mol. The van der Waals surface area contributed by atoms with E-state index < -0.39 is 0 Å². The van der Waals surface area contributed by atoms with Gasteiger partial charge in [-0.15, -0.1) is 0 Å². The van der Waals surface area contributed by atoms with Crippen LogP contribution >= 0.6 is 11.8 Å². The van der Waals surface area contributed by atoms with E-state index in [1.807, 2.05) is 0 Å². The maximum atomic E-state index is 10.3. The van der Waals surface area contributed by atoms with Crippen LogP contribution in [0.25, 0.3) is 0 Å². The van der Waals surface area contributed by atoms with Crippen LogP contribution in [0.5, 0.6) is 0 Å². The third-order valence-electron chi connectivity index (χ3n) is 0.681. The van der Waals surface area contributed by atoms with Crippen molar-refractivity contribution in [3.05, 3.63) is 6.54 Å². The van der Waals surface area contributed by atoms with E-state index in [1.165, 1.54) is 6.54 Å². The fourth-order valence-electron chi connectivity index (χ4n) is 0.395. The molecular formula is C4H4NO2S. The Bertz CT molecular complexity index is 120. The summed E-state index contributed by atoms with van der Waals surface area (Å²) in [7, 11) is 0. The Morgan fingerprint density at radius 1 is 1.62 bits per heavy atom. The lowest BCUT2D eigenvalue weighted by atomic mass is 10.6. The van der Waals surface area contributed by atoms with Crippen LogP contribution in [-0.4, -0.2) is 16.8 Å². The number of nitrogens with one attached hydrogen (secondary N) is 1. The maximum Gasteiger partial charge on any atom is 0.215 e. The first kappa shape index (κ1) is 5.78. The molecule has 0 spiro atoms. The molecule has 1 radical (unpaired) electrons. The van der Waals surface area contributed by atoms with Gasteiger partial charge in [-0.1, -0.05) is 0 Å². The minimum Gasteiger partial charge on any atom is -0.297 e. The van der Waals surface area contributed by atoms with E-state index in [0.717, 1.165) is 11.8 Å². The van der Waals surface area contributed by atoms with Crippen LogP contribution in [0.2, 0.25) is 0 Å². The van der Waals surface area contributed by atoms with Crippen molar-refractivity contribution in [2.75, 3.05) is 6.54 Å². The van der Waals surface area contributed by atoms with Crippen molar-refractivity contribution >= 4 is 22.0 Å². The van der Waals surface area contributed by atoms with Crippen molar-refractivity contribution in [3.8, 4) is 0 Å².